The van der Waals surface area contributed by atoms with E-state index < -0.39 is 6.09 Å². The van der Waals surface area contributed by atoms with Crippen LogP contribution in [0.4, 0.5) is 4.79 Å². The number of carbonyl (C=O) groups is 1. The number of amides is 1. The van der Waals surface area contributed by atoms with Crippen LogP contribution in [0.3, 0.4) is 0 Å². The highest BCUT2D eigenvalue weighted by atomic mass is 79.9. The van der Waals surface area contributed by atoms with Crippen molar-refractivity contribution in [3.63, 3.8) is 0 Å². The molecule has 0 atom stereocenters. The Morgan fingerprint density at radius 2 is 2.24 bits per heavy atom. The summed E-state index contributed by atoms with van der Waals surface area (Å²) in [5.74, 6) is 0.724. The van der Waals surface area contributed by atoms with Crippen molar-refractivity contribution in [2.24, 2.45) is 0 Å². The third-order valence-electron chi connectivity index (χ3n) is 1.89. The maximum absolute atomic E-state index is 10.8. The summed E-state index contributed by atoms with van der Waals surface area (Å²) in [5, 5.41) is 0. The van der Waals surface area contributed by atoms with E-state index in [2.05, 4.69) is 26.1 Å². The molecule has 0 radical (unpaired) electrons. The fourth-order valence-corrected chi connectivity index (χ4v) is 1.58. The SMILES string of the molecule is CCOc1ccc(Br)cc1CONC(=O)OC. The van der Waals surface area contributed by atoms with Gasteiger partial charge < -0.3 is 9.47 Å². The van der Waals surface area contributed by atoms with E-state index in [1.165, 1.54) is 7.11 Å². The second kappa shape index (κ2) is 7.13. The zero-order valence-electron chi connectivity index (χ0n) is 9.66. The second-order valence-corrected chi connectivity index (χ2v) is 3.98. The van der Waals surface area contributed by atoms with Crippen LogP contribution in [0.1, 0.15) is 12.5 Å². The molecule has 1 amide bonds. The van der Waals surface area contributed by atoms with Gasteiger partial charge in [-0.1, -0.05) is 15.9 Å². The van der Waals surface area contributed by atoms with E-state index in [9.17, 15) is 4.79 Å². The molecule has 0 aromatic heterocycles. The monoisotopic (exact) mass is 303 g/mol. The largest absolute Gasteiger partial charge is 0.494 e. The van der Waals surface area contributed by atoms with Crippen LogP contribution in [0.25, 0.3) is 0 Å². The Morgan fingerprint density at radius 3 is 2.88 bits per heavy atom. The van der Waals surface area contributed by atoms with Crippen molar-refractivity contribution < 1.29 is 19.1 Å². The van der Waals surface area contributed by atoms with Gasteiger partial charge in [-0.2, -0.15) is 5.48 Å². The first-order valence-corrected chi connectivity index (χ1v) is 5.83. The van der Waals surface area contributed by atoms with Gasteiger partial charge in [0.25, 0.3) is 0 Å². The summed E-state index contributed by atoms with van der Waals surface area (Å²) < 4.78 is 10.7. The average Bonchev–Trinajstić information content (AvgIpc) is 2.32. The van der Waals surface area contributed by atoms with Crippen molar-refractivity contribution in [1.29, 1.82) is 0 Å². The molecule has 94 valence electrons. The highest BCUT2D eigenvalue weighted by Gasteiger charge is 2.06. The predicted octanol–water partition coefficient (Wildman–Crippen LogP) is 2.64. The van der Waals surface area contributed by atoms with Crippen LogP contribution in [-0.2, 0) is 16.2 Å². The van der Waals surface area contributed by atoms with E-state index in [0.717, 1.165) is 15.8 Å². The maximum Gasteiger partial charge on any atom is 0.431 e. The fourth-order valence-electron chi connectivity index (χ4n) is 1.17. The first kappa shape index (κ1) is 13.8. The van der Waals surface area contributed by atoms with E-state index in [-0.39, 0.29) is 6.61 Å². The van der Waals surface area contributed by atoms with Crippen molar-refractivity contribution in [3.05, 3.63) is 28.2 Å². The molecule has 0 fully saturated rings. The molecule has 0 aliphatic carbocycles. The number of ether oxygens (including phenoxy) is 2. The van der Waals surface area contributed by atoms with Crippen LogP contribution < -0.4 is 10.2 Å². The smallest absolute Gasteiger partial charge is 0.431 e. The van der Waals surface area contributed by atoms with Gasteiger partial charge in [0.15, 0.2) is 0 Å². The van der Waals surface area contributed by atoms with Gasteiger partial charge in [0.1, 0.15) is 12.4 Å². The predicted molar refractivity (Wildman–Crippen MR) is 65.6 cm³/mol. The molecule has 0 unspecified atom stereocenters. The summed E-state index contributed by atoms with van der Waals surface area (Å²) >= 11 is 3.36. The molecule has 0 saturated carbocycles. The highest BCUT2D eigenvalue weighted by Crippen LogP contribution is 2.23. The standard InChI is InChI=1S/C11H14BrNO4/c1-3-16-10-5-4-9(12)6-8(10)7-17-13-11(14)15-2/h4-6H,3,7H2,1-2H3,(H,13,14). The van der Waals surface area contributed by atoms with Crippen molar-refractivity contribution in [1.82, 2.24) is 5.48 Å². The van der Waals surface area contributed by atoms with Crippen LogP contribution in [0, 0.1) is 0 Å². The minimum atomic E-state index is -0.641. The van der Waals surface area contributed by atoms with E-state index in [0.29, 0.717) is 6.61 Å². The number of rotatable bonds is 5. The molecule has 1 rings (SSSR count). The van der Waals surface area contributed by atoms with Gasteiger partial charge in [-0.15, -0.1) is 0 Å². The first-order valence-electron chi connectivity index (χ1n) is 5.04. The lowest BCUT2D eigenvalue weighted by Gasteiger charge is -2.11. The number of benzene rings is 1. The first-order chi connectivity index (χ1) is 8.17. The molecule has 0 saturated heterocycles. The Bertz CT molecular complexity index is 384. The second-order valence-electron chi connectivity index (χ2n) is 3.07. The van der Waals surface area contributed by atoms with Crippen molar-refractivity contribution in [2.75, 3.05) is 13.7 Å². The van der Waals surface area contributed by atoms with E-state index in [4.69, 9.17) is 9.57 Å². The van der Waals surface area contributed by atoms with E-state index >= 15 is 0 Å². The molecule has 1 N–H and O–H groups in total. The Morgan fingerprint density at radius 1 is 1.47 bits per heavy atom. The van der Waals surface area contributed by atoms with Gasteiger partial charge in [-0.3, -0.25) is 4.84 Å². The molecular weight excluding hydrogens is 290 g/mol. The quantitative estimate of drug-likeness (QED) is 0.850. The number of hydrogen-bond acceptors (Lipinski definition) is 4. The van der Waals surface area contributed by atoms with E-state index in [1.54, 1.807) is 0 Å². The number of hydrogen-bond donors (Lipinski definition) is 1. The minimum Gasteiger partial charge on any atom is -0.494 e. The molecule has 0 bridgehead atoms. The average molecular weight is 304 g/mol. The fraction of sp³-hybridized carbons (Fsp3) is 0.364. The Labute approximate surface area is 108 Å². The normalized spacial score (nSPS) is 9.82. The molecule has 17 heavy (non-hydrogen) atoms. The number of nitrogens with one attached hydrogen (secondary N) is 1. The van der Waals surface area contributed by atoms with Gasteiger partial charge in [0.2, 0.25) is 0 Å². The molecule has 1 aromatic rings. The highest BCUT2D eigenvalue weighted by molar-refractivity contribution is 9.10. The third-order valence-corrected chi connectivity index (χ3v) is 2.38. The zero-order valence-corrected chi connectivity index (χ0v) is 11.2. The van der Waals surface area contributed by atoms with Gasteiger partial charge >= 0.3 is 6.09 Å². The maximum atomic E-state index is 10.8. The Kier molecular flexibility index (Phi) is 5.79. The molecular formula is C11H14BrNO4. The van der Waals surface area contributed by atoms with Crippen molar-refractivity contribution >= 4 is 22.0 Å². The molecule has 1 aromatic carbocycles. The van der Waals surface area contributed by atoms with Crippen LogP contribution in [-0.4, -0.2) is 19.8 Å². The van der Waals surface area contributed by atoms with Gasteiger partial charge in [0.05, 0.1) is 13.7 Å². The van der Waals surface area contributed by atoms with Crippen molar-refractivity contribution in [3.8, 4) is 5.75 Å². The summed E-state index contributed by atoms with van der Waals surface area (Å²) in [6, 6.07) is 5.58. The number of halogens is 1. The Hall–Kier alpha value is -1.27. The molecule has 0 spiro atoms. The minimum absolute atomic E-state index is 0.198. The Balaban J connectivity index is 2.61. The third kappa shape index (κ3) is 4.62. The molecule has 5 nitrogen and oxygen atoms in total. The van der Waals surface area contributed by atoms with Gasteiger partial charge in [-0.05, 0) is 25.1 Å². The molecule has 6 heteroatoms. The summed E-state index contributed by atoms with van der Waals surface area (Å²) in [6.45, 7) is 2.67. The lowest BCUT2D eigenvalue weighted by molar-refractivity contribution is 0.0240. The molecule has 0 heterocycles. The summed E-state index contributed by atoms with van der Waals surface area (Å²) in [4.78, 5) is 15.8. The zero-order chi connectivity index (χ0) is 12.7. The number of hydroxylamine groups is 1. The van der Waals surface area contributed by atoms with Gasteiger partial charge in [-0.25, -0.2) is 4.79 Å². The van der Waals surface area contributed by atoms with Gasteiger partial charge in [0, 0.05) is 10.0 Å². The number of methoxy groups -OCH3 is 1. The van der Waals surface area contributed by atoms with Crippen LogP contribution in [0.5, 0.6) is 5.75 Å². The summed E-state index contributed by atoms with van der Waals surface area (Å²) in [7, 11) is 1.27. The number of carbonyl (C=O) groups excluding carboxylic acids is 1. The summed E-state index contributed by atoms with van der Waals surface area (Å²) in [5.41, 5.74) is 2.97. The van der Waals surface area contributed by atoms with Crippen molar-refractivity contribution in [2.45, 2.75) is 13.5 Å². The topological polar surface area (TPSA) is 56.8 Å². The van der Waals surface area contributed by atoms with E-state index in [1.807, 2.05) is 25.1 Å². The summed E-state index contributed by atoms with van der Waals surface area (Å²) in [6.07, 6.45) is -0.641. The lowest BCUT2D eigenvalue weighted by Crippen LogP contribution is -2.23. The van der Waals surface area contributed by atoms with Crippen LogP contribution >= 0.6 is 15.9 Å². The van der Waals surface area contributed by atoms with Crippen LogP contribution in [0.15, 0.2) is 22.7 Å². The molecule has 0 aliphatic rings. The lowest BCUT2D eigenvalue weighted by atomic mass is 10.2. The van der Waals surface area contributed by atoms with Crippen LogP contribution in [0.2, 0.25) is 0 Å². The molecule has 0 aliphatic heterocycles.